The van der Waals surface area contributed by atoms with E-state index in [-0.39, 0.29) is 17.9 Å². The molecule has 0 amide bonds. The third kappa shape index (κ3) is 4.20. The third-order valence-electron chi connectivity index (χ3n) is 3.94. The predicted molar refractivity (Wildman–Crippen MR) is 94.9 cm³/mol. The molecule has 9 heteroatoms. The second-order valence-electron chi connectivity index (χ2n) is 5.71. The first-order valence-corrected chi connectivity index (χ1v) is 9.06. The Morgan fingerprint density at radius 2 is 1.89 bits per heavy atom. The molecular formula is C18H16F3N3O2S. The highest BCUT2D eigenvalue weighted by molar-refractivity contribution is 7.82. The Morgan fingerprint density at radius 3 is 2.44 bits per heavy atom. The molecule has 1 heterocycles. The van der Waals surface area contributed by atoms with Crippen molar-refractivity contribution in [1.29, 1.82) is 0 Å². The fourth-order valence-corrected chi connectivity index (χ4v) is 3.05. The number of alkyl halides is 2. The van der Waals surface area contributed by atoms with Crippen LogP contribution >= 0.6 is 0 Å². The van der Waals surface area contributed by atoms with Crippen molar-refractivity contribution < 1.29 is 22.1 Å². The molecule has 2 N–H and O–H groups in total. The Bertz CT molecular complexity index is 974. The summed E-state index contributed by atoms with van der Waals surface area (Å²) in [6, 6.07) is 11.9. The summed E-state index contributed by atoms with van der Waals surface area (Å²) in [5, 5.41) is 9.27. The first-order chi connectivity index (χ1) is 12.9. The minimum absolute atomic E-state index is 0.103. The van der Waals surface area contributed by atoms with Gasteiger partial charge in [-0.25, -0.2) is 27.2 Å². The highest BCUT2D eigenvalue weighted by atomic mass is 32.2. The number of aromatic nitrogens is 2. The summed E-state index contributed by atoms with van der Waals surface area (Å²) in [6.07, 6.45) is -2.56. The van der Waals surface area contributed by atoms with Crippen LogP contribution in [0.3, 0.4) is 0 Å². The zero-order valence-electron chi connectivity index (χ0n) is 14.2. The summed E-state index contributed by atoms with van der Waals surface area (Å²) in [6.45, 7) is 0. The zero-order valence-corrected chi connectivity index (χ0v) is 15.1. The van der Waals surface area contributed by atoms with Crippen LogP contribution < -0.4 is 9.88 Å². The van der Waals surface area contributed by atoms with E-state index in [1.165, 1.54) is 42.1 Å². The van der Waals surface area contributed by atoms with Crippen molar-refractivity contribution in [3.63, 3.8) is 0 Å². The van der Waals surface area contributed by atoms with E-state index < -0.39 is 23.2 Å². The van der Waals surface area contributed by atoms with Gasteiger partial charge in [0.2, 0.25) is 0 Å². The SMILES string of the molecule is COc1ccc(Cc2cc(C(F)F)nn2-c2ccc(S(N)=O)cc2)cc1F. The van der Waals surface area contributed by atoms with Crippen LogP contribution in [0.4, 0.5) is 13.2 Å². The number of benzene rings is 2. The highest BCUT2D eigenvalue weighted by Crippen LogP contribution is 2.25. The predicted octanol–water partition coefficient (Wildman–Crippen LogP) is 3.53. The first-order valence-electron chi connectivity index (χ1n) is 7.85. The molecule has 0 aliphatic heterocycles. The average molecular weight is 395 g/mol. The Morgan fingerprint density at radius 1 is 1.19 bits per heavy atom. The third-order valence-corrected chi connectivity index (χ3v) is 4.68. The van der Waals surface area contributed by atoms with Gasteiger partial charge < -0.3 is 4.74 Å². The van der Waals surface area contributed by atoms with Gasteiger partial charge >= 0.3 is 0 Å². The second kappa shape index (κ2) is 7.93. The molecule has 0 bridgehead atoms. The quantitative estimate of drug-likeness (QED) is 0.694. The number of rotatable bonds is 6. The number of hydrogen-bond acceptors (Lipinski definition) is 3. The van der Waals surface area contributed by atoms with Gasteiger partial charge in [0.25, 0.3) is 6.43 Å². The first kappa shape index (κ1) is 19.1. The average Bonchev–Trinajstić information content (AvgIpc) is 3.06. The Balaban J connectivity index is 1.99. The Labute approximate surface area is 156 Å². The van der Waals surface area contributed by atoms with E-state index in [0.717, 1.165) is 0 Å². The molecule has 0 radical (unpaired) electrons. The van der Waals surface area contributed by atoms with E-state index >= 15 is 0 Å². The van der Waals surface area contributed by atoms with Crippen LogP contribution in [0.15, 0.2) is 53.4 Å². The summed E-state index contributed by atoms with van der Waals surface area (Å²) in [5.41, 5.74) is 1.15. The van der Waals surface area contributed by atoms with Crippen molar-refractivity contribution in [3.05, 3.63) is 71.3 Å². The van der Waals surface area contributed by atoms with Crippen LogP contribution in [0.2, 0.25) is 0 Å². The molecule has 1 unspecified atom stereocenters. The minimum Gasteiger partial charge on any atom is -0.494 e. The van der Waals surface area contributed by atoms with Crippen molar-refractivity contribution in [2.24, 2.45) is 5.14 Å². The number of halogens is 3. The van der Waals surface area contributed by atoms with Crippen LogP contribution in [0, 0.1) is 5.82 Å². The number of ether oxygens (including phenoxy) is 1. The van der Waals surface area contributed by atoms with Crippen LogP contribution in [0.25, 0.3) is 5.69 Å². The molecule has 0 spiro atoms. The molecule has 0 aliphatic carbocycles. The van der Waals surface area contributed by atoms with E-state index in [1.54, 1.807) is 18.2 Å². The maximum absolute atomic E-state index is 13.9. The van der Waals surface area contributed by atoms with Crippen molar-refractivity contribution in [2.75, 3.05) is 7.11 Å². The Hall–Kier alpha value is -2.65. The van der Waals surface area contributed by atoms with Gasteiger partial charge in [0.15, 0.2) is 11.6 Å². The topological polar surface area (TPSA) is 70.1 Å². The van der Waals surface area contributed by atoms with Gasteiger partial charge in [-0.3, -0.25) is 0 Å². The van der Waals surface area contributed by atoms with E-state index in [9.17, 15) is 17.4 Å². The lowest BCUT2D eigenvalue weighted by molar-refractivity contribution is 0.145. The monoisotopic (exact) mass is 395 g/mol. The number of nitrogens with zero attached hydrogens (tertiary/aromatic N) is 2. The molecular weight excluding hydrogens is 379 g/mol. The Kier molecular flexibility index (Phi) is 5.62. The fourth-order valence-electron chi connectivity index (χ4n) is 2.65. The molecule has 27 heavy (non-hydrogen) atoms. The van der Waals surface area contributed by atoms with Crippen molar-refractivity contribution in [3.8, 4) is 11.4 Å². The normalized spacial score (nSPS) is 12.4. The fraction of sp³-hybridized carbons (Fsp3) is 0.167. The summed E-state index contributed by atoms with van der Waals surface area (Å²) in [7, 11) is -0.280. The van der Waals surface area contributed by atoms with Crippen molar-refractivity contribution in [2.45, 2.75) is 17.7 Å². The summed E-state index contributed by atoms with van der Waals surface area (Å²) in [5.74, 6) is -0.434. The van der Waals surface area contributed by atoms with Gasteiger partial charge in [0.05, 0.1) is 17.7 Å². The number of nitrogens with two attached hydrogens (primary N) is 1. The largest absolute Gasteiger partial charge is 0.494 e. The lowest BCUT2D eigenvalue weighted by Crippen LogP contribution is -2.06. The van der Waals surface area contributed by atoms with Gasteiger partial charge in [0.1, 0.15) is 16.7 Å². The van der Waals surface area contributed by atoms with Crippen LogP contribution in [0.1, 0.15) is 23.4 Å². The van der Waals surface area contributed by atoms with E-state index in [2.05, 4.69) is 5.10 Å². The maximum atomic E-state index is 13.9. The molecule has 3 aromatic rings. The van der Waals surface area contributed by atoms with E-state index in [4.69, 9.17) is 9.88 Å². The second-order valence-corrected chi connectivity index (χ2v) is 6.78. The summed E-state index contributed by atoms with van der Waals surface area (Å²) >= 11 is 0. The molecule has 0 fully saturated rings. The molecule has 1 atom stereocenters. The smallest absolute Gasteiger partial charge is 0.282 e. The molecule has 0 saturated carbocycles. The van der Waals surface area contributed by atoms with Crippen LogP contribution in [-0.2, 0) is 17.4 Å². The van der Waals surface area contributed by atoms with Crippen molar-refractivity contribution in [1.82, 2.24) is 9.78 Å². The van der Waals surface area contributed by atoms with Crippen LogP contribution in [-0.4, -0.2) is 21.1 Å². The number of hydrogen-bond donors (Lipinski definition) is 1. The van der Waals surface area contributed by atoms with E-state index in [0.29, 0.717) is 21.8 Å². The molecule has 5 nitrogen and oxygen atoms in total. The minimum atomic E-state index is -2.74. The van der Waals surface area contributed by atoms with Gasteiger partial charge in [-0.2, -0.15) is 5.10 Å². The molecule has 2 aromatic carbocycles. The summed E-state index contributed by atoms with van der Waals surface area (Å²) < 4.78 is 57.7. The van der Waals surface area contributed by atoms with E-state index in [1.807, 2.05) is 0 Å². The standard InChI is InChI=1S/C18H16F3N3O2S/c1-26-17-7-2-11(9-15(17)19)8-13-10-16(18(20)21)23-24(13)12-3-5-14(6-4-12)27(22)25/h2-7,9-10,18H,8,22H2,1H3. The maximum Gasteiger partial charge on any atom is 0.282 e. The van der Waals surface area contributed by atoms with Crippen molar-refractivity contribution >= 4 is 11.0 Å². The molecule has 142 valence electrons. The highest BCUT2D eigenvalue weighted by Gasteiger charge is 2.17. The summed E-state index contributed by atoms with van der Waals surface area (Å²) in [4.78, 5) is 0.402. The van der Waals surface area contributed by atoms with Gasteiger partial charge in [-0.15, -0.1) is 0 Å². The molecule has 1 aromatic heterocycles. The van der Waals surface area contributed by atoms with Gasteiger partial charge in [-0.1, -0.05) is 6.07 Å². The molecule has 3 rings (SSSR count). The molecule has 0 aliphatic rings. The zero-order chi connectivity index (χ0) is 19.6. The molecule has 0 saturated heterocycles. The number of methoxy groups -OCH3 is 1. The van der Waals surface area contributed by atoms with Crippen LogP contribution in [0.5, 0.6) is 5.75 Å². The van der Waals surface area contributed by atoms with Gasteiger partial charge in [0, 0.05) is 12.1 Å². The lowest BCUT2D eigenvalue weighted by atomic mass is 10.1. The lowest BCUT2D eigenvalue weighted by Gasteiger charge is -2.09. The van der Waals surface area contributed by atoms with Gasteiger partial charge in [-0.05, 0) is 48.0 Å².